The summed E-state index contributed by atoms with van der Waals surface area (Å²) in [6, 6.07) is 0. The maximum atomic E-state index is 14.1. The van der Waals surface area contributed by atoms with Crippen LogP contribution in [0.2, 0.25) is 0 Å². The molecule has 0 aliphatic carbocycles. The van der Waals surface area contributed by atoms with Gasteiger partial charge in [0, 0.05) is 11.8 Å². The van der Waals surface area contributed by atoms with Crippen LogP contribution >= 0.6 is 0 Å². The van der Waals surface area contributed by atoms with Crippen LogP contribution in [0.1, 0.15) is 18.7 Å². The summed E-state index contributed by atoms with van der Waals surface area (Å²) in [6.07, 6.45) is -5.33. The quantitative estimate of drug-likeness (QED) is 0.683. The molecule has 0 spiro atoms. The molecule has 0 aromatic carbocycles. The topological polar surface area (TPSA) is 111 Å². The maximum Gasteiger partial charge on any atom is 0.337 e. The maximum absolute atomic E-state index is 14.1. The number of esters is 1. The Bertz CT molecular complexity index is 654. The average molecular weight is 302 g/mol. The van der Waals surface area contributed by atoms with Crippen molar-refractivity contribution in [3.05, 3.63) is 32.6 Å². The molecule has 0 radical (unpaired) electrons. The van der Waals surface area contributed by atoms with Gasteiger partial charge >= 0.3 is 11.7 Å². The first kappa shape index (κ1) is 15.4. The molecule has 1 fully saturated rings. The molecule has 21 heavy (non-hydrogen) atoms. The number of nitrogens with one attached hydrogen (secondary N) is 1. The van der Waals surface area contributed by atoms with Crippen LogP contribution in [-0.2, 0) is 20.7 Å². The van der Waals surface area contributed by atoms with Gasteiger partial charge in [-0.25, -0.2) is 14.0 Å². The first-order valence-electron chi connectivity index (χ1n) is 6.30. The summed E-state index contributed by atoms with van der Waals surface area (Å²) >= 11 is 0. The molecular formula is C12H15FN2O6. The second-order valence-corrected chi connectivity index (χ2v) is 4.58. The van der Waals surface area contributed by atoms with E-state index in [-0.39, 0.29) is 5.56 Å². The second kappa shape index (κ2) is 5.78. The molecule has 9 heteroatoms. The predicted octanol–water partition coefficient (Wildman–Crippen LogP) is -1.13. The number of rotatable bonds is 3. The Morgan fingerprint density at radius 1 is 1.57 bits per heavy atom. The lowest BCUT2D eigenvalue weighted by atomic mass is 10.1. The number of aryl methyl sites for hydroxylation is 1. The van der Waals surface area contributed by atoms with E-state index in [1.54, 1.807) is 6.92 Å². The van der Waals surface area contributed by atoms with Gasteiger partial charge in [0.25, 0.3) is 5.56 Å². The monoisotopic (exact) mass is 302 g/mol. The Morgan fingerprint density at radius 2 is 2.24 bits per heavy atom. The van der Waals surface area contributed by atoms with Crippen LogP contribution in [0.15, 0.2) is 15.8 Å². The third-order valence-corrected chi connectivity index (χ3v) is 3.32. The van der Waals surface area contributed by atoms with Gasteiger partial charge in [0.1, 0.15) is 6.10 Å². The number of carbonyl (C=O) groups is 1. The number of hydrogen-bond acceptors (Lipinski definition) is 6. The molecular weight excluding hydrogens is 287 g/mol. The number of nitrogens with zero attached hydrogens (tertiary/aromatic N) is 1. The fourth-order valence-corrected chi connectivity index (χ4v) is 2.14. The highest BCUT2D eigenvalue weighted by Crippen LogP contribution is 2.31. The van der Waals surface area contributed by atoms with Gasteiger partial charge in [0.2, 0.25) is 0 Å². The van der Waals surface area contributed by atoms with Crippen LogP contribution < -0.4 is 11.2 Å². The Kier molecular flexibility index (Phi) is 4.24. The summed E-state index contributed by atoms with van der Waals surface area (Å²) in [7, 11) is 1.07. The summed E-state index contributed by atoms with van der Waals surface area (Å²) in [5.74, 6) is -0.944. The van der Waals surface area contributed by atoms with Crippen LogP contribution in [0.25, 0.3) is 0 Å². The summed E-state index contributed by atoms with van der Waals surface area (Å²) in [5.41, 5.74) is -1.21. The van der Waals surface area contributed by atoms with Gasteiger partial charge in [0.05, 0.1) is 7.11 Å². The van der Waals surface area contributed by atoms with Gasteiger partial charge < -0.3 is 14.6 Å². The molecule has 0 unspecified atom stereocenters. The number of aliphatic hydroxyl groups excluding tert-OH is 1. The van der Waals surface area contributed by atoms with Crippen molar-refractivity contribution < 1.29 is 23.8 Å². The Morgan fingerprint density at radius 3 is 2.81 bits per heavy atom. The molecule has 116 valence electrons. The van der Waals surface area contributed by atoms with E-state index < -0.39 is 41.8 Å². The minimum Gasteiger partial charge on any atom is -0.467 e. The van der Waals surface area contributed by atoms with E-state index in [9.17, 15) is 23.9 Å². The van der Waals surface area contributed by atoms with Crippen molar-refractivity contribution >= 4 is 5.97 Å². The van der Waals surface area contributed by atoms with Crippen LogP contribution in [0.4, 0.5) is 4.39 Å². The number of alkyl halides is 1. The summed E-state index contributed by atoms with van der Waals surface area (Å²) in [6.45, 7) is 1.69. The summed E-state index contributed by atoms with van der Waals surface area (Å²) in [4.78, 5) is 36.7. The zero-order valence-corrected chi connectivity index (χ0v) is 11.4. The van der Waals surface area contributed by atoms with E-state index in [1.807, 2.05) is 4.98 Å². The van der Waals surface area contributed by atoms with E-state index in [4.69, 9.17) is 4.74 Å². The lowest BCUT2D eigenvalue weighted by Crippen LogP contribution is -2.37. The molecule has 1 aromatic heterocycles. The standard InChI is InChI=1S/C12H15FN2O6/c1-3-5-4-15(12(19)14-9(5)17)10-6(13)7(16)8(21-10)11(18)20-2/h4,6-8,10,16H,3H2,1-2H3,(H,14,17,19)/t6-,7-,8-,10+/m0/s1. The van der Waals surface area contributed by atoms with Crippen molar-refractivity contribution in [2.75, 3.05) is 7.11 Å². The van der Waals surface area contributed by atoms with Crippen molar-refractivity contribution in [2.45, 2.75) is 38.0 Å². The highest BCUT2D eigenvalue weighted by atomic mass is 19.1. The lowest BCUT2D eigenvalue weighted by molar-refractivity contribution is -0.159. The zero-order chi connectivity index (χ0) is 15.7. The van der Waals surface area contributed by atoms with Gasteiger partial charge in [-0.05, 0) is 6.42 Å². The smallest absolute Gasteiger partial charge is 0.337 e. The number of halogens is 1. The van der Waals surface area contributed by atoms with Gasteiger partial charge in [-0.15, -0.1) is 0 Å². The highest BCUT2D eigenvalue weighted by molar-refractivity contribution is 5.75. The van der Waals surface area contributed by atoms with Gasteiger partial charge in [-0.3, -0.25) is 14.3 Å². The number of H-pyrrole nitrogens is 1. The lowest BCUT2D eigenvalue weighted by Gasteiger charge is -2.16. The molecule has 8 nitrogen and oxygen atoms in total. The SMILES string of the molecule is CCc1cn([C@@H]2O[C@H](C(=O)OC)[C@@H](O)[C@@H]2F)c(=O)[nH]c1=O. The number of ether oxygens (including phenoxy) is 2. The van der Waals surface area contributed by atoms with Crippen LogP contribution in [0.5, 0.6) is 0 Å². The van der Waals surface area contributed by atoms with Crippen molar-refractivity contribution in [3.8, 4) is 0 Å². The molecule has 4 atom stereocenters. The highest BCUT2D eigenvalue weighted by Gasteiger charge is 2.49. The fraction of sp³-hybridized carbons (Fsp3) is 0.583. The van der Waals surface area contributed by atoms with Crippen LogP contribution in [0, 0.1) is 0 Å². The van der Waals surface area contributed by atoms with Crippen LogP contribution in [0.3, 0.4) is 0 Å². The van der Waals surface area contributed by atoms with E-state index >= 15 is 0 Å². The zero-order valence-electron chi connectivity index (χ0n) is 11.4. The predicted molar refractivity (Wildman–Crippen MR) is 67.5 cm³/mol. The van der Waals surface area contributed by atoms with Gasteiger partial charge in [-0.1, -0.05) is 6.92 Å². The van der Waals surface area contributed by atoms with Crippen LogP contribution in [-0.4, -0.2) is 46.1 Å². The molecule has 1 aromatic rings. The molecule has 2 heterocycles. The van der Waals surface area contributed by atoms with Gasteiger partial charge in [0.15, 0.2) is 18.5 Å². The molecule has 1 saturated heterocycles. The second-order valence-electron chi connectivity index (χ2n) is 4.58. The third kappa shape index (κ3) is 2.61. The minimum absolute atomic E-state index is 0.251. The van der Waals surface area contributed by atoms with Gasteiger partial charge in [-0.2, -0.15) is 0 Å². The molecule has 0 amide bonds. The minimum atomic E-state index is -2.01. The first-order chi connectivity index (χ1) is 9.90. The Labute approximate surface area is 118 Å². The average Bonchev–Trinajstić information content (AvgIpc) is 2.75. The number of aromatic nitrogens is 2. The number of aliphatic hydroxyl groups is 1. The number of carbonyl (C=O) groups excluding carboxylic acids is 1. The molecule has 1 aliphatic rings. The molecule has 1 aliphatic heterocycles. The fourth-order valence-electron chi connectivity index (χ4n) is 2.14. The number of hydrogen-bond donors (Lipinski definition) is 2. The molecule has 0 bridgehead atoms. The summed E-state index contributed by atoms with van der Waals surface area (Å²) < 4.78 is 24.4. The van der Waals surface area contributed by atoms with Crippen molar-refractivity contribution in [1.29, 1.82) is 0 Å². The van der Waals surface area contributed by atoms with E-state index in [0.29, 0.717) is 6.42 Å². The normalized spacial score (nSPS) is 28.6. The third-order valence-electron chi connectivity index (χ3n) is 3.32. The van der Waals surface area contributed by atoms with E-state index in [0.717, 1.165) is 17.9 Å². The first-order valence-corrected chi connectivity index (χ1v) is 6.30. The Hall–Kier alpha value is -2.00. The van der Waals surface area contributed by atoms with Crippen molar-refractivity contribution in [1.82, 2.24) is 9.55 Å². The van der Waals surface area contributed by atoms with E-state index in [1.165, 1.54) is 0 Å². The van der Waals surface area contributed by atoms with E-state index in [2.05, 4.69) is 4.74 Å². The summed E-state index contributed by atoms with van der Waals surface area (Å²) in [5, 5.41) is 9.67. The molecule has 2 N–H and O–H groups in total. The largest absolute Gasteiger partial charge is 0.467 e. The number of aromatic amines is 1. The molecule has 0 saturated carbocycles. The van der Waals surface area contributed by atoms with Crippen molar-refractivity contribution in [3.63, 3.8) is 0 Å². The number of methoxy groups -OCH3 is 1. The molecule has 2 rings (SSSR count). The Balaban J connectivity index is 2.41. The van der Waals surface area contributed by atoms with Crippen molar-refractivity contribution in [2.24, 2.45) is 0 Å².